The zero-order valence-corrected chi connectivity index (χ0v) is 9.94. The van der Waals surface area contributed by atoms with Crippen LogP contribution in [0.15, 0.2) is 0 Å². The third-order valence-corrected chi connectivity index (χ3v) is 2.94. The molecule has 1 rings (SSSR count). The van der Waals surface area contributed by atoms with Crippen LogP contribution in [0.25, 0.3) is 0 Å². The van der Waals surface area contributed by atoms with Crippen LogP contribution in [0, 0.1) is 5.92 Å². The van der Waals surface area contributed by atoms with Crippen molar-refractivity contribution in [1.29, 1.82) is 0 Å². The van der Waals surface area contributed by atoms with Crippen molar-refractivity contribution in [1.82, 2.24) is 0 Å². The van der Waals surface area contributed by atoms with Gasteiger partial charge in [-0.25, -0.2) is 0 Å². The fourth-order valence-corrected chi connectivity index (χ4v) is 2.16. The Bertz CT molecular complexity index is 80.0. The molecule has 13 heavy (non-hydrogen) atoms. The molecule has 0 nitrogen and oxygen atoms in total. The maximum absolute atomic E-state index is 2.29. The fourth-order valence-electron chi connectivity index (χ4n) is 2.16. The molecule has 0 heteroatoms. The summed E-state index contributed by atoms with van der Waals surface area (Å²) in [4.78, 5) is 0. The topological polar surface area (TPSA) is 0 Å². The van der Waals surface area contributed by atoms with Gasteiger partial charge in [0.05, 0.1) is 0 Å². The number of hydrogen-bond donors (Lipinski definition) is 0. The molecule has 0 spiro atoms. The molecule has 0 N–H and O–H groups in total. The minimum absolute atomic E-state index is 1.11. The predicted octanol–water partition coefficient (Wildman–Crippen LogP) is 5.17. The summed E-state index contributed by atoms with van der Waals surface area (Å²) in [6, 6.07) is 0. The van der Waals surface area contributed by atoms with Crippen LogP contribution in [-0.4, -0.2) is 0 Å². The molecular formula is C13H28. The second kappa shape index (κ2) is 10.1. The first-order valence-electron chi connectivity index (χ1n) is 6.43. The van der Waals surface area contributed by atoms with Crippen molar-refractivity contribution in [2.45, 2.75) is 78.6 Å². The fraction of sp³-hybridized carbons (Fsp3) is 1.00. The minimum atomic E-state index is 1.11. The van der Waals surface area contributed by atoms with Crippen molar-refractivity contribution < 1.29 is 0 Å². The number of hydrogen-bond acceptors (Lipinski definition) is 0. The smallest absolute Gasteiger partial charge is 0.0414 e. The van der Waals surface area contributed by atoms with Gasteiger partial charge in [0, 0.05) is 0 Å². The molecule has 1 aliphatic carbocycles. The lowest BCUT2D eigenvalue weighted by molar-refractivity contribution is 0.329. The normalized spacial score (nSPS) is 17.8. The van der Waals surface area contributed by atoms with Crippen molar-refractivity contribution in [3.63, 3.8) is 0 Å². The Morgan fingerprint density at radius 2 is 1.54 bits per heavy atom. The SMILES string of the molecule is CC.CCCCCC1CCCCC1. The van der Waals surface area contributed by atoms with E-state index < -0.39 is 0 Å². The van der Waals surface area contributed by atoms with Gasteiger partial charge in [-0.05, 0) is 5.92 Å². The van der Waals surface area contributed by atoms with Crippen LogP contribution in [0.1, 0.15) is 78.6 Å². The van der Waals surface area contributed by atoms with E-state index in [0.29, 0.717) is 0 Å². The monoisotopic (exact) mass is 184 g/mol. The Hall–Kier alpha value is 0. The molecule has 0 unspecified atom stereocenters. The van der Waals surface area contributed by atoms with E-state index in [0.717, 1.165) is 5.92 Å². The molecule has 0 amide bonds. The van der Waals surface area contributed by atoms with Gasteiger partial charge in [0.1, 0.15) is 0 Å². The highest BCUT2D eigenvalue weighted by atomic mass is 14.2. The molecule has 0 aromatic carbocycles. The van der Waals surface area contributed by atoms with Gasteiger partial charge in [-0.2, -0.15) is 0 Å². The summed E-state index contributed by atoms with van der Waals surface area (Å²) in [5, 5.41) is 0. The molecule has 0 heterocycles. The second-order valence-electron chi connectivity index (χ2n) is 4.00. The number of unbranched alkanes of at least 4 members (excludes halogenated alkanes) is 2. The Balaban J connectivity index is 0.000000671. The molecule has 0 aromatic heterocycles. The molecule has 1 fully saturated rings. The first-order chi connectivity index (χ1) is 6.43. The summed E-state index contributed by atoms with van der Waals surface area (Å²) in [7, 11) is 0. The molecule has 0 aromatic rings. The Morgan fingerprint density at radius 1 is 0.923 bits per heavy atom. The van der Waals surface area contributed by atoms with Gasteiger partial charge in [0.2, 0.25) is 0 Å². The van der Waals surface area contributed by atoms with Gasteiger partial charge >= 0.3 is 0 Å². The standard InChI is InChI=1S/C11H22.C2H6/c1-2-3-5-8-11-9-6-4-7-10-11;1-2/h11H,2-10H2,1H3;1-2H3. The molecule has 1 saturated carbocycles. The Morgan fingerprint density at radius 3 is 2.08 bits per heavy atom. The lowest BCUT2D eigenvalue weighted by Crippen LogP contribution is -2.05. The largest absolute Gasteiger partial charge is 0.0683 e. The molecule has 80 valence electrons. The summed E-state index contributed by atoms with van der Waals surface area (Å²) in [5.74, 6) is 1.11. The molecule has 1 aliphatic rings. The number of rotatable bonds is 4. The van der Waals surface area contributed by atoms with Crippen LogP contribution in [-0.2, 0) is 0 Å². The van der Waals surface area contributed by atoms with Crippen LogP contribution < -0.4 is 0 Å². The molecule has 0 atom stereocenters. The van der Waals surface area contributed by atoms with Crippen molar-refractivity contribution >= 4 is 0 Å². The van der Waals surface area contributed by atoms with Crippen LogP contribution in [0.5, 0.6) is 0 Å². The van der Waals surface area contributed by atoms with Gasteiger partial charge in [0.25, 0.3) is 0 Å². The van der Waals surface area contributed by atoms with Crippen LogP contribution in [0.3, 0.4) is 0 Å². The average molecular weight is 184 g/mol. The van der Waals surface area contributed by atoms with E-state index in [4.69, 9.17) is 0 Å². The Labute approximate surface area is 85.1 Å². The van der Waals surface area contributed by atoms with E-state index in [1.807, 2.05) is 13.8 Å². The van der Waals surface area contributed by atoms with E-state index in [-0.39, 0.29) is 0 Å². The molecule has 0 aliphatic heterocycles. The first kappa shape index (κ1) is 13.0. The lowest BCUT2D eigenvalue weighted by Gasteiger charge is -2.20. The first-order valence-corrected chi connectivity index (χ1v) is 6.43. The Kier molecular flexibility index (Phi) is 10.1. The summed E-state index contributed by atoms with van der Waals surface area (Å²) in [6.45, 7) is 6.29. The molecular weight excluding hydrogens is 156 g/mol. The van der Waals surface area contributed by atoms with Crippen molar-refractivity contribution in [3.05, 3.63) is 0 Å². The van der Waals surface area contributed by atoms with Crippen LogP contribution >= 0.6 is 0 Å². The van der Waals surface area contributed by atoms with E-state index in [2.05, 4.69) is 6.92 Å². The van der Waals surface area contributed by atoms with E-state index in [1.54, 1.807) is 0 Å². The zero-order valence-electron chi connectivity index (χ0n) is 9.94. The molecule has 0 radical (unpaired) electrons. The van der Waals surface area contributed by atoms with E-state index >= 15 is 0 Å². The van der Waals surface area contributed by atoms with Gasteiger partial charge in [-0.15, -0.1) is 0 Å². The lowest BCUT2D eigenvalue weighted by atomic mass is 9.86. The maximum atomic E-state index is 2.29. The summed E-state index contributed by atoms with van der Waals surface area (Å²) < 4.78 is 0. The minimum Gasteiger partial charge on any atom is -0.0683 e. The van der Waals surface area contributed by atoms with Crippen molar-refractivity contribution in [2.24, 2.45) is 5.92 Å². The van der Waals surface area contributed by atoms with Crippen molar-refractivity contribution in [2.75, 3.05) is 0 Å². The van der Waals surface area contributed by atoms with Crippen molar-refractivity contribution in [3.8, 4) is 0 Å². The quantitative estimate of drug-likeness (QED) is 0.528. The van der Waals surface area contributed by atoms with Gasteiger partial charge in [-0.1, -0.05) is 78.6 Å². The molecule has 0 bridgehead atoms. The van der Waals surface area contributed by atoms with Crippen LogP contribution in [0.4, 0.5) is 0 Å². The van der Waals surface area contributed by atoms with Gasteiger partial charge < -0.3 is 0 Å². The highest BCUT2D eigenvalue weighted by Gasteiger charge is 2.11. The third-order valence-electron chi connectivity index (χ3n) is 2.94. The second-order valence-corrected chi connectivity index (χ2v) is 4.00. The third kappa shape index (κ3) is 7.10. The summed E-state index contributed by atoms with van der Waals surface area (Å²) in [5.41, 5.74) is 0. The maximum Gasteiger partial charge on any atom is -0.0414 e. The van der Waals surface area contributed by atoms with E-state index in [9.17, 15) is 0 Å². The highest BCUT2D eigenvalue weighted by Crippen LogP contribution is 2.27. The predicted molar refractivity (Wildman–Crippen MR) is 62.1 cm³/mol. The highest BCUT2D eigenvalue weighted by molar-refractivity contribution is 4.65. The van der Waals surface area contributed by atoms with Crippen LogP contribution in [0.2, 0.25) is 0 Å². The van der Waals surface area contributed by atoms with Gasteiger partial charge in [-0.3, -0.25) is 0 Å². The zero-order chi connectivity index (χ0) is 9.94. The average Bonchev–Trinajstić information content (AvgIpc) is 2.23. The molecule has 0 saturated heterocycles. The summed E-state index contributed by atoms with van der Waals surface area (Å²) >= 11 is 0. The van der Waals surface area contributed by atoms with Gasteiger partial charge in [0.15, 0.2) is 0 Å². The van der Waals surface area contributed by atoms with E-state index in [1.165, 1.54) is 57.8 Å². The summed E-state index contributed by atoms with van der Waals surface area (Å²) in [6.07, 6.45) is 13.4.